The number of hydrogen-bond acceptors (Lipinski definition) is 6. The minimum absolute atomic E-state index is 0.0727. The Kier molecular flexibility index (Phi) is 4.71. The lowest BCUT2D eigenvalue weighted by atomic mass is 10.2. The highest BCUT2D eigenvalue weighted by Gasteiger charge is 2.12. The van der Waals surface area contributed by atoms with Gasteiger partial charge in [-0.1, -0.05) is 23.7 Å². The van der Waals surface area contributed by atoms with Gasteiger partial charge in [0.25, 0.3) is 0 Å². The number of anilines is 2. The first-order valence-corrected chi connectivity index (χ1v) is 10.1. The van der Waals surface area contributed by atoms with Crippen LogP contribution in [0, 0.1) is 0 Å². The molecule has 0 saturated carbocycles. The smallest absolute Gasteiger partial charge is 0.238 e. The van der Waals surface area contributed by atoms with Crippen LogP contribution >= 0.6 is 11.6 Å². The van der Waals surface area contributed by atoms with Crippen LogP contribution in [0.5, 0.6) is 0 Å². The van der Waals surface area contributed by atoms with Gasteiger partial charge in [0.15, 0.2) is 17.0 Å². The molecule has 0 bridgehead atoms. The van der Waals surface area contributed by atoms with E-state index in [-0.39, 0.29) is 4.90 Å². The van der Waals surface area contributed by atoms with E-state index in [4.69, 9.17) is 16.7 Å². The third kappa shape index (κ3) is 3.81. The van der Waals surface area contributed by atoms with Gasteiger partial charge in [0.2, 0.25) is 10.0 Å². The maximum absolute atomic E-state index is 11.4. The minimum Gasteiger partial charge on any atom is -0.338 e. The van der Waals surface area contributed by atoms with Crippen LogP contribution in [0.25, 0.3) is 11.2 Å². The first-order chi connectivity index (χ1) is 13.4. The molecule has 0 saturated heterocycles. The summed E-state index contributed by atoms with van der Waals surface area (Å²) in [5, 5.41) is 8.99. The molecular weight excluding hydrogens is 400 g/mol. The van der Waals surface area contributed by atoms with Crippen LogP contribution in [0.3, 0.4) is 0 Å². The molecule has 0 aliphatic heterocycles. The quantitative estimate of drug-likeness (QED) is 0.518. The number of halogens is 1. The predicted octanol–water partition coefficient (Wildman–Crippen LogP) is 2.92. The molecule has 8 nitrogen and oxygen atoms in total. The number of nitrogens with one attached hydrogen (secondary N) is 1. The van der Waals surface area contributed by atoms with Crippen molar-refractivity contribution >= 4 is 44.3 Å². The van der Waals surface area contributed by atoms with E-state index in [1.807, 2.05) is 16.7 Å². The van der Waals surface area contributed by atoms with Gasteiger partial charge in [0.05, 0.1) is 17.8 Å². The molecule has 0 amide bonds. The van der Waals surface area contributed by atoms with Gasteiger partial charge in [0, 0.05) is 10.7 Å². The summed E-state index contributed by atoms with van der Waals surface area (Å²) in [6.45, 7) is 0.471. The summed E-state index contributed by atoms with van der Waals surface area (Å²) in [4.78, 5) is 13.1. The summed E-state index contributed by atoms with van der Waals surface area (Å²) in [5.41, 5.74) is 3.00. The summed E-state index contributed by atoms with van der Waals surface area (Å²) in [6.07, 6.45) is 3.13. The summed E-state index contributed by atoms with van der Waals surface area (Å²) in [5.74, 6) is 0.579. The Morgan fingerprint density at radius 1 is 1.00 bits per heavy atom. The molecule has 0 aliphatic carbocycles. The molecule has 142 valence electrons. The first kappa shape index (κ1) is 18.4. The predicted molar refractivity (Wildman–Crippen MR) is 107 cm³/mol. The Labute approximate surface area is 166 Å². The molecule has 0 aliphatic rings. The third-order valence-electron chi connectivity index (χ3n) is 4.11. The number of imidazole rings is 1. The molecule has 2 aromatic carbocycles. The van der Waals surface area contributed by atoms with Crippen LogP contribution in [-0.4, -0.2) is 27.9 Å². The second kappa shape index (κ2) is 7.19. The highest BCUT2D eigenvalue weighted by atomic mass is 35.5. The van der Waals surface area contributed by atoms with Crippen molar-refractivity contribution in [1.29, 1.82) is 0 Å². The van der Waals surface area contributed by atoms with Crippen LogP contribution in [0.15, 0.2) is 66.1 Å². The van der Waals surface area contributed by atoms with Crippen molar-refractivity contribution in [2.75, 3.05) is 5.32 Å². The van der Waals surface area contributed by atoms with Crippen LogP contribution in [0.2, 0.25) is 5.02 Å². The van der Waals surface area contributed by atoms with Gasteiger partial charge in [-0.05, 0) is 42.0 Å². The second-order valence-corrected chi connectivity index (χ2v) is 8.09. The third-order valence-corrected chi connectivity index (χ3v) is 5.29. The molecule has 4 aromatic rings. The van der Waals surface area contributed by atoms with E-state index in [0.29, 0.717) is 28.5 Å². The van der Waals surface area contributed by atoms with Gasteiger partial charge in [-0.2, -0.15) is 0 Å². The Balaban J connectivity index is 1.62. The number of nitrogens with zero attached hydrogens (tertiary/aromatic N) is 4. The van der Waals surface area contributed by atoms with Gasteiger partial charge in [0.1, 0.15) is 6.33 Å². The van der Waals surface area contributed by atoms with E-state index >= 15 is 0 Å². The molecule has 0 atom stereocenters. The Morgan fingerprint density at radius 3 is 2.39 bits per heavy atom. The number of nitrogens with two attached hydrogens (primary N) is 1. The fourth-order valence-electron chi connectivity index (χ4n) is 2.74. The average molecular weight is 415 g/mol. The largest absolute Gasteiger partial charge is 0.338 e. The van der Waals surface area contributed by atoms with E-state index < -0.39 is 10.0 Å². The van der Waals surface area contributed by atoms with Gasteiger partial charge < -0.3 is 9.88 Å². The van der Waals surface area contributed by atoms with Crippen molar-refractivity contribution in [2.24, 2.45) is 5.14 Å². The molecule has 3 N–H and O–H groups in total. The lowest BCUT2D eigenvalue weighted by Crippen LogP contribution is -2.12. The van der Waals surface area contributed by atoms with E-state index in [9.17, 15) is 8.42 Å². The normalized spacial score (nSPS) is 11.6. The zero-order valence-electron chi connectivity index (χ0n) is 14.4. The summed E-state index contributed by atoms with van der Waals surface area (Å²) in [7, 11) is -3.71. The van der Waals surface area contributed by atoms with Crippen LogP contribution < -0.4 is 10.5 Å². The molecule has 2 aromatic heterocycles. The number of primary sulfonamides is 1. The monoisotopic (exact) mass is 414 g/mol. The molecule has 2 heterocycles. The molecular formula is C18H15ClN6O2S. The summed E-state index contributed by atoms with van der Waals surface area (Å²) >= 11 is 5.92. The highest BCUT2D eigenvalue weighted by Crippen LogP contribution is 2.23. The average Bonchev–Trinajstić information content (AvgIpc) is 3.07. The number of fused-ring (bicyclic) bond motifs is 1. The number of sulfonamides is 1. The minimum atomic E-state index is -3.71. The van der Waals surface area contributed by atoms with Crippen LogP contribution in [-0.2, 0) is 16.6 Å². The van der Waals surface area contributed by atoms with Gasteiger partial charge in [-0.25, -0.2) is 28.5 Å². The number of benzene rings is 2. The summed E-state index contributed by atoms with van der Waals surface area (Å²) in [6, 6.07) is 13.6. The first-order valence-electron chi connectivity index (χ1n) is 8.20. The topological polar surface area (TPSA) is 116 Å². The molecule has 0 unspecified atom stereocenters. The van der Waals surface area contributed by atoms with Crippen LogP contribution in [0.1, 0.15) is 5.56 Å². The number of hydrogen-bond donors (Lipinski definition) is 2. The van der Waals surface area contributed by atoms with Crippen molar-refractivity contribution in [3.8, 4) is 0 Å². The Hall–Kier alpha value is -3.01. The number of rotatable bonds is 5. The maximum Gasteiger partial charge on any atom is 0.238 e. The second-order valence-electron chi connectivity index (χ2n) is 6.09. The van der Waals surface area contributed by atoms with Crippen molar-refractivity contribution in [1.82, 2.24) is 19.5 Å². The van der Waals surface area contributed by atoms with Crippen molar-refractivity contribution in [2.45, 2.75) is 11.4 Å². The van der Waals surface area contributed by atoms with Gasteiger partial charge >= 0.3 is 0 Å². The van der Waals surface area contributed by atoms with E-state index in [1.54, 1.807) is 30.6 Å². The van der Waals surface area contributed by atoms with Crippen molar-refractivity contribution < 1.29 is 8.42 Å². The SMILES string of the molecule is NS(=O)(=O)c1ccc(Cn2cnc3c(Nc4ccc(Cl)cc4)ncnc32)cc1. The highest BCUT2D eigenvalue weighted by molar-refractivity contribution is 7.89. The summed E-state index contributed by atoms with van der Waals surface area (Å²) < 4.78 is 24.6. The molecule has 0 radical (unpaired) electrons. The molecule has 0 spiro atoms. The van der Waals surface area contributed by atoms with Gasteiger partial charge in [-0.3, -0.25) is 0 Å². The zero-order valence-corrected chi connectivity index (χ0v) is 16.0. The molecule has 4 rings (SSSR count). The fourth-order valence-corrected chi connectivity index (χ4v) is 3.38. The standard InChI is InChI=1S/C18H15ClN6O2S/c19-13-3-5-14(6-4-13)24-17-16-18(22-10-21-17)25(11-23-16)9-12-1-7-15(8-2-12)28(20,26)27/h1-8,10-11H,9H2,(H2,20,26,27)(H,21,22,24). The lowest BCUT2D eigenvalue weighted by Gasteiger charge is -2.07. The van der Waals surface area contributed by atoms with E-state index in [0.717, 1.165) is 11.3 Å². The molecule has 10 heteroatoms. The van der Waals surface area contributed by atoms with Gasteiger partial charge in [-0.15, -0.1) is 0 Å². The zero-order chi connectivity index (χ0) is 19.7. The van der Waals surface area contributed by atoms with Crippen molar-refractivity contribution in [3.63, 3.8) is 0 Å². The fraction of sp³-hybridized carbons (Fsp3) is 0.0556. The Bertz CT molecular complexity index is 1240. The number of aromatic nitrogens is 4. The van der Waals surface area contributed by atoms with E-state index in [2.05, 4.69) is 20.3 Å². The molecule has 0 fully saturated rings. The lowest BCUT2D eigenvalue weighted by molar-refractivity contribution is 0.597. The Morgan fingerprint density at radius 2 is 1.71 bits per heavy atom. The van der Waals surface area contributed by atoms with Crippen molar-refractivity contribution in [3.05, 3.63) is 71.8 Å². The van der Waals surface area contributed by atoms with Crippen LogP contribution in [0.4, 0.5) is 11.5 Å². The van der Waals surface area contributed by atoms with E-state index in [1.165, 1.54) is 18.5 Å². The maximum atomic E-state index is 11.4. The molecule has 28 heavy (non-hydrogen) atoms.